The summed E-state index contributed by atoms with van der Waals surface area (Å²) in [5.74, 6) is -0.211. The first-order valence-corrected chi connectivity index (χ1v) is 8.85. The molecular formula is C20H21F3N2O2. The molecular weight excluding hydrogens is 357 g/mol. The first-order chi connectivity index (χ1) is 12.9. The summed E-state index contributed by atoms with van der Waals surface area (Å²) in [6, 6.07) is 11.6. The zero-order valence-corrected chi connectivity index (χ0v) is 14.7. The molecule has 1 unspecified atom stereocenters. The Labute approximate surface area is 155 Å². The van der Waals surface area contributed by atoms with Crippen LogP contribution in [0.4, 0.5) is 24.5 Å². The van der Waals surface area contributed by atoms with Crippen molar-refractivity contribution in [3.05, 3.63) is 59.7 Å². The van der Waals surface area contributed by atoms with Crippen LogP contribution in [0.3, 0.4) is 0 Å². The number of nitrogens with zero attached hydrogens (tertiary/aromatic N) is 1. The number of hydrogen-bond donors (Lipinski definition) is 2. The molecule has 2 N–H and O–H groups in total. The number of fused-ring (bicyclic) bond motifs is 1. The molecule has 0 spiro atoms. The average Bonchev–Trinajstić information content (AvgIpc) is 2.78. The Kier molecular flexibility index (Phi) is 5.82. The second-order valence-corrected chi connectivity index (χ2v) is 6.47. The number of rotatable bonds is 5. The van der Waals surface area contributed by atoms with E-state index in [1.807, 2.05) is 18.2 Å². The van der Waals surface area contributed by atoms with E-state index in [2.05, 4.69) is 5.32 Å². The molecule has 1 amide bonds. The van der Waals surface area contributed by atoms with Gasteiger partial charge < -0.3 is 10.4 Å². The van der Waals surface area contributed by atoms with E-state index in [1.54, 1.807) is 6.07 Å². The number of aliphatic hydroxyl groups is 1. The number of para-hydroxylation sites is 1. The summed E-state index contributed by atoms with van der Waals surface area (Å²) >= 11 is 0. The molecule has 0 aromatic heterocycles. The Hall–Kier alpha value is -2.38. The molecule has 0 radical (unpaired) electrons. The van der Waals surface area contributed by atoms with E-state index in [0.717, 1.165) is 17.7 Å². The molecule has 0 saturated heterocycles. The molecule has 7 heteroatoms. The van der Waals surface area contributed by atoms with Crippen molar-refractivity contribution in [2.24, 2.45) is 0 Å². The minimum atomic E-state index is -4.42. The molecule has 27 heavy (non-hydrogen) atoms. The van der Waals surface area contributed by atoms with Gasteiger partial charge >= 0.3 is 6.18 Å². The van der Waals surface area contributed by atoms with Gasteiger partial charge in [0.05, 0.1) is 17.3 Å². The number of benzene rings is 2. The number of alkyl halides is 3. The third-order valence-corrected chi connectivity index (χ3v) is 4.63. The maximum atomic E-state index is 13.2. The lowest BCUT2D eigenvalue weighted by molar-refractivity contribution is -0.137. The fraction of sp³-hybridized carbons (Fsp3) is 0.350. The third kappa shape index (κ3) is 4.31. The minimum Gasteiger partial charge on any atom is -0.396 e. The van der Waals surface area contributed by atoms with E-state index < -0.39 is 17.8 Å². The molecule has 3 rings (SSSR count). The highest BCUT2D eigenvalue weighted by Crippen LogP contribution is 2.35. The molecule has 0 saturated carbocycles. The number of amides is 1. The summed E-state index contributed by atoms with van der Waals surface area (Å²) in [4.78, 5) is 14.6. The minimum absolute atomic E-state index is 0.0246. The number of anilines is 2. The van der Waals surface area contributed by atoms with Gasteiger partial charge in [-0.25, -0.2) is 0 Å². The third-order valence-electron chi connectivity index (χ3n) is 4.63. The van der Waals surface area contributed by atoms with Crippen molar-refractivity contribution in [2.45, 2.75) is 31.5 Å². The predicted octanol–water partition coefficient (Wildman–Crippen LogP) is 3.66. The van der Waals surface area contributed by atoms with Crippen LogP contribution in [0.5, 0.6) is 0 Å². The van der Waals surface area contributed by atoms with Crippen molar-refractivity contribution < 1.29 is 23.1 Å². The number of aryl methyl sites for hydroxylation is 1. The van der Waals surface area contributed by atoms with Crippen molar-refractivity contribution in [2.75, 3.05) is 18.1 Å². The number of hydrogen-bond acceptors (Lipinski definition) is 3. The van der Waals surface area contributed by atoms with Crippen LogP contribution in [0, 0.1) is 0 Å². The predicted molar refractivity (Wildman–Crippen MR) is 96.8 cm³/mol. The summed E-state index contributed by atoms with van der Waals surface area (Å²) < 4.78 is 38.6. The molecule has 0 fully saturated rings. The summed E-state index contributed by atoms with van der Waals surface area (Å²) in [5.41, 5.74) is 1.31. The molecule has 2 aromatic rings. The normalized spacial score (nSPS) is 17.6. The lowest BCUT2D eigenvalue weighted by Crippen LogP contribution is -2.44. The van der Waals surface area contributed by atoms with E-state index in [4.69, 9.17) is 5.11 Å². The van der Waals surface area contributed by atoms with Crippen LogP contribution in [0.25, 0.3) is 0 Å². The summed E-state index contributed by atoms with van der Waals surface area (Å²) in [5, 5.41) is 12.1. The van der Waals surface area contributed by atoms with Crippen LogP contribution >= 0.6 is 0 Å². The summed E-state index contributed by atoms with van der Waals surface area (Å²) in [6.45, 7) is 0.515. The Morgan fingerprint density at radius 1 is 1.11 bits per heavy atom. The van der Waals surface area contributed by atoms with Crippen molar-refractivity contribution >= 4 is 17.3 Å². The van der Waals surface area contributed by atoms with Crippen molar-refractivity contribution in [3.8, 4) is 0 Å². The van der Waals surface area contributed by atoms with Gasteiger partial charge in [0.25, 0.3) is 0 Å². The Balaban J connectivity index is 1.96. The van der Waals surface area contributed by atoms with E-state index >= 15 is 0 Å². The van der Waals surface area contributed by atoms with Crippen LogP contribution in [-0.4, -0.2) is 30.2 Å². The highest BCUT2D eigenvalue weighted by atomic mass is 19.4. The molecule has 1 aliphatic rings. The van der Waals surface area contributed by atoms with Gasteiger partial charge in [0, 0.05) is 12.3 Å². The summed E-state index contributed by atoms with van der Waals surface area (Å²) in [7, 11) is 0. The smallest absolute Gasteiger partial charge is 0.396 e. The molecule has 4 nitrogen and oxygen atoms in total. The first kappa shape index (κ1) is 19.4. The van der Waals surface area contributed by atoms with Crippen LogP contribution in [0.15, 0.2) is 48.5 Å². The lowest BCUT2D eigenvalue weighted by Gasteiger charge is -2.26. The number of nitrogens with one attached hydrogen (secondary N) is 1. The second-order valence-electron chi connectivity index (χ2n) is 6.47. The van der Waals surface area contributed by atoms with Gasteiger partial charge in [0.1, 0.15) is 0 Å². The van der Waals surface area contributed by atoms with Crippen molar-refractivity contribution in [1.82, 2.24) is 5.32 Å². The maximum absolute atomic E-state index is 13.2. The molecule has 1 atom stereocenters. The highest BCUT2D eigenvalue weighted by molar-refractivity contribution is 6.04. The second kappa shape index (κ2) is 8.10. The van der Waals surface area contributed by atoms with E-state index in [9.17, 15) is 18.0 Å². The number of carbonyl (C=O) groups is 1. The summed E-state index contributed by atoms with van der Waals surface area (Å²) in [6.07, 6.45) is -2.64. The molecule has 0 aliphatic carbocycles. The van der Waals surface area contributed by atoms with Gasteiger partial charge in [-0.1, -0.05) is 18.2 Å². The van der Waals surface area contributed by atoms with Crippen LogP contribution < -0.4 is 10.2 Å². The van der Waals surface area contributed by atoms with Gasteiger partial charge in [-0.2, -0.15) is 13.2 Å². The van der Waals surface area contributed by atoms with Crippen LogP contribution in [0.1, 0.15) is 24.0 Å². The average molecular weight is 378 g/mol. The van der Waals surface area contributed by atoms with E-state index in [1.165, 1.54) is 17.0 Å². The zero-order chi connectivity index (χ0) is 19.4. The Morgan fingerprint density at radius 3 is 2.48 bits per heavy atom. The largest absolute Gasteiger partial charge is 0.416 e. The number of halogens is 3. The standard InChI is InChI=1S/C20H21F3N2O2/c21-20(22,23)15-7-9-16(10-8-15)25-18-5-2-1-4-14(18)6-11-17(19(25)27)24-12-3-13-26/h1-2,4-5,7-10,17,24,26H,3,6,11-13H2. The molecule has 1 aliphatic heterocycles. The molecule has 2 aromatic carbocycles. The van der Waals surface area contributed by atoms with Gasteiger partial charge in [0.15, 0.2) is 0 Å². The Morgan fingerprint density at radius 2 is 1.81 bits per heavy atom. The zero-order valence-electron chi connectivity index (χ0n) is 14.7. The van der Waals surface area contributed by atoms with Gasteiger partial charge in [-0.15, -0.1) is 0 Å². The first-order valence-electron chi connectivity index (χ1n) is 8.85. The van der Waals surface area contributed by atoms with Crippen molar-refractivity contribution in [1.29, 1.82) is 0 Å². The fourth-order valence-corrected chi connectivity index (χ4v) is 3.25. The monoisotopic (exact) mass is 378 g/mol. The van der Waals surface area contributed by atoms with Crippen LogP contribution in [0.2, 0.25) is 0 Å². The maximum Gasteiger partial charge on any atom is 0.416 e. The number of aliphatic hydroxyl groups excluding tert-OH is 1. The van der Waals surface area contributed by atoms with Gasteiger partial charge in [0.2, 0.25) is 5.91 Å². The SMILES string of the molecule is O=C1C(NCCCO)CCc2ccccc2N1c1ccc(C(F)(F)F)cc1. The van der Waals surface area contributed by atoms with Crippen molar-refractivity contribution in [3.63, 3.8) is 0 Å². The van der Waals surface area contributed by atoms with E-state index in [0.29, 0.717) is 37.2 Å². The molecule has 0 bridgehead atoms. The fourth-order valence-electron chi connectivity index (χ4n) is 3.25. The van der Waals surface area contributed by atoms with E-state index in [-0.39, 0.29) is 12.5 Å². The van der Waals surface area contributed by atoms with Gasteiger partial charge in [-0.3, -0.25) is 9.69 Å². The molecule has 1 heterocycles. The highest BCUT2D eigenvalue weighted by Gasteiger charge is 2.33. The van der Waals surface area contributed by atoms with Crippen LogP contribution in [-0.2, 0) is 17.4 Å². The topological polar surface area (TPSA) is 52.6 Å². The lowest BCUT2D eigenvalue weighted by atomic mass is 10.1. The van der Waals surface area contributed by atoms with Gasteiger partial charge in [-0.05, 0) is 61.7 Å². The molecule has 144 valence electrons. The quantitative estimate of drug-likeness (QED) is 0.781. The Bertz CT molecular complexity index is 791. The number of carbonyl (C=O) groups excluding carboxylic acids is 1.